The minimum absolute atomic E-state index is 0.147. The van der Waals surface area contributed by atoms with Crippen LogP contribution in [0, 0.1) is 5.82 Å². The van der Waals surface area contributed by atoms with Crippen molar-refractivity contribution in [3.8, 4) is 11.4 Å². The molecule has 0 bridgehead atoms. The molecule has 1 aromatic heterocycles. The van der Waals surface area contributed by atoms with E-state index in [1.807, 2.05) is 4.57 Å². The lowest BCUT2D eigenvalue weighted by Crippen LogP contribution is -2.38. The Hall–Kier alpha value is -2.50. The number of esters is 1. The van der Waals surface area contributed by atoms with Gasteiger partial charge in [-0.3, -0.25) is 14.5 Å². The highest BCUT2D eigenvalue weighted by molar-refractivity contribution is 7.99. The summed E-state index contributed by atoms with van der Waals surface area (Å²) in [7, 11) is 1.34. The molecule has 0 atom stereocenters. The number of hydrogen-bond acceptors (Lipinski definition) is 8. The van der Waals surface area contributed by atoms with Gasteiger partial charge in [-0.05, 0) is 30.7 Å². The van der Waals surface area contributed by atoms with E-state index in [9.17, 15) is 14.0 Å². The molecule has 1 amide bonds. The summed E-state index contributed by atoms with van der Waals surface area (Å²) in [6.45, 7) is 5.00. The molecule has 1 aliphatic heterocycles. The molecule has 174 valence electrons. The number of benzene rings is 1. The lowest BCUT2D eigenvalue weighted by molar-refractivity contribution is -0.140. The number of nitrogens with zero attached hydrogens (tertiary/aromatic N) is 4. The van der Waals surface area contributed by atoms with E-state index in [-0.39, 0.29) is 29.9 Å². The smallest absolute Gasteiger partial charge is 0.305 e. The van der Waals surface area contributed by atoms with Gasteiger partial charge in [0.2, 0.25) is 5.91 Å². The molecular formula is C21H28FN5O4S. The van der Waals surface area contributed by atoms with Crippen LogP contribution in [0.2, 0.25) is 0 Å². The van der Waals surface area contributed by atoms with Gasteiger partial charge in [0.05, 0.1) is 26.1 Å². The number of methoxy groups -OCH3 is 1. The summed E-state index contributed by atoms with van der Waals surface area (Å²) in [6, 6.07) is 6.13. The van der Waals surface area contributed by atoms with Gasteiger partial charge in [0, 0.05) is 44.7 Å². The lowest BCUT2D eigenvalue weighted by atomic mass is 10.2. The molecule has 2 aromatic rings. The van der Waals surface area contributed by atoms with Crippen molar-refractivity contribution in [2.75, 3.05) is 52.3 Å². The van der Waals surface area contributed by atoms with Crippen molar-refractivity contribution >= 4 is 23.6 Å². The average Bonchev–Trinajstić information content (AvgIpc) is 3.22. The number of thioether (sulfide) groups is 1. The number of aromatic nitrogens is 3. The lowest BCUT2D eigenvalue weighted by Gasteiger charge is -2.27. The van der Waals surface area contributed by atoms with Gasteiger partial charge >= 0.3 is 5.97 Å². The molecule has 32 heavy (non-hydrogen) atoms. The van der Waals surface area contributed by atoms with Crippen LogP contribution in [-0.4, -0.2) is 83.8 Å². The van der Waals surface area contributed by atoms with Crippen LogP contribution in [0.3, 0.4) is 0 Å². The minimum Gasteiger partial charge on any atom is -0.469 e. The van der Waals surface area contributed by atoms with Crippen LogP contribution in [0.15, 0.2) is 29.4 Å². The van der Waals surface area contributed by atoms with Crippen LogP contribution in [-0.2, 0) is 25.6 Å². The van der Waals surface area contributed by atoms with Gasteiger partial charge in [-0.1, -0.05) is 11.8 Å². The average molecular weight is 466 g/mol. The van der Waals surface area contributed by atoms with Crippen LogP contribution in [0.25, 0.3) is 11.4 Å². The van der Waals surface area contributed by atoms with Crippen molar-refractivity contribution in [1.29, 1.82) is 0 Å². The summed E-state index contributed by atoms with van der Waals surface area (Å²) >= 11 is 1.30. The maximum absolute atomic E-state index is 13.4. The molecule has 3 rings (SSSR count). The number of hydrogen-bond donors (Lipinski definition) is 1. The van der Waals surface area contributed by atoms with Crippen LogP contribution in [0.4, 0.5) is 4.39 Å². The van der Waals surface area contributed by atoms with Gasteiger partial charge in [-0.2, -0.15) is 0 Å². The quantitative estimate of drug-likeness (QED) is 0.303. The van der Waals surface area contributed by atoms with Gasteiger partial charge < -0.3 is 19.4 Å². The van der Waals surface area contributed by atoms with Crippen LogP contribution in [0.5, 0.6) is 0 Å². The maximum atomic E-state index is 13.4. The molecule has 0 saturated carbocycles. The Labute approximate surface area is 190 Å². The Kier molecular flexibility index (Phi) is 9.44. The van der Waals surface area contributed by atoms with Gasteiger partial charge in [0.15, 0.2) is 11.0 Å². The Morgan fingerprint density at radius 3 is 2.66 bits per heavy atom. The zero-order valence-electron chi connectivity index (χ0n) is 18.1. The third-order valence-corrected chi connectivity index (χ3v) is 5.97. The number of rotatable bonds is 11. The first kappa shape index (κ1) is 24.1. The molecule has 1 saturated heterocycles. The highest BCUT2D eigenvalue weighted by atomic mass is 32.2. The molecule has 1 N–H and O–H groups in total. The van der Waals surface area contributed by atoms with Crippen molar-refractivity contribution in [3.63, 3.8) is 0 Å². The Morgan fingerprint density at radius 2 is 1.94 bits per heavy atom. The zero-order valence-corrected chi connectivity index (χ0v) is 18.9. The fraction of sp³-hybridized carbons (Fsp3) is 0.524. The van der Waals surface area contributed by atoms with Crippen molar-refractivity contribution in [1.82, 2.24) is 25.0 Å². The molecule has 0 radical (unpaired) electrons. The van der Waals surface area contributed by atoms with Crippen LogP contribution >= 0.6 is 11.8 Å². The van der Waals surface area contributed by atoms with Crippen molar-refractivity contribution < 1.29 is 23.5 Å². The molecule has 9 nitrogen and oxygen atoms in total. The van der Waals surface area contributed by atoms with Crippen LogP contribution < -0.4 is 5.32 Å². The molecule has 0 unspecified atom stereocenters. The summed E-state index contributed by atoms with van der Waals surface area (Å²) in [5.41, 5.74) is 0.764. The minimum atomic E-state index is -0.313. The van der Waals surface area contributed by atoms with Gasteiger partial charge in [0.1, 0.15) is 5.82 Å². The second-order valence-electron chi connectivity index (χ2n) is 7.24. The topological polar surface area (TPSA) is 98.6 Å². The largest absolute Gasteiger partial charge is 0.469 e. The van der Waals surface area contributed by atoms with E-state index >= 15 is 0 Å². The summed E-state index contributed by atoms with van der Waals surface area (Å²) < 4.78 is 25.3. The van der Waals surface area contributed by atoms with Gasteiger partial charge in [-0.15, -0.1) is 10.2 Å². The molecule has 2 heterocycles. The van der Waals surface area contributed by atoms with Crippen molar-refractivity contribution in [2.45, 2.75) is 24.5 Å². The summed E-state index contributed by atoms with van der Waals surface area (Å²) in [5, 5.41) is 12.0. The number of ether oxygens (including phenoxy) is 2. The zero-order chi connectivity index (χ0) is 22.8. The first-order valence-electron chi connectivity index (χ1n) is 10.5. The Bertz CT molecular complexity index is 887. The van der Waals surface area contributed by atoms with Gasteiger partial charge in [-0.25, -0.2) is 4.39 Å². The van der Waals surface area contributed by atoms with E-state index in [1.165, 1.54) is 31.0 Å². The SMILES string of the molecule is COC(=O)CCCNC(=O)CSc1nnc(-c2ccc(F)cc2)n1CCN1CCOCC1. The van der Waals surface area contributed by atoms with E-state index < -0.39 is 0 Å². The molecule has 0 spiro atoms. The van der Waals surface area contributed by atoms with E-state index in [2.05, 4.69) is 25.2 Å². The molecule has 11 heteroatoms. The molecule has 1 aliphatic rings. The Balaban J connectivity index is 1.61. The maximum Gasteiger partial charge on any atom is 0.305 e. The first-order valence-corrected chi connectivity index (χ1v) is 11.5. The fourth-order valence-corrected chi connectivity index (χ4v) is 4.01. The summed E-state index contributed by atoms with van der Waals surface area (Å²) in [6.07, 6.45) is 0.786. The van der Waals surface area contributed by atoms with Crippen molar-refractivity contribution in [2.24, 2.45) is 0 Å². The third kappa shape index (κ3) is 7.28. The first-order chi connectivity index (χ1) is 15.6. The summed E-state index contributed by atoms with van der Waals surface area (Å²) in [5.74, 6) is 0.0595. The predicted octanol–water partition coefficient (Wildman–Crippen LogP) is 1.58. The monoisotopic (exact) mass is 465 g/mol. The van der Waals surface area contributed by atoms with E-state index in [4.69, 9.17) is 4.74 Å². The van der Waals surface area contributed by atoms with Crippen LogP contribution in [0.1, 0.15) is 12.8 Å². The number of amides is 1. The van der Waals surface area contributed by atoms with E-state index in [1.54, 1.807) is 12.1 Å². The fourth-order valence-electron chi connectivity index (χ4n) is 3.22. The number of nitrogens with one attached hydrogen (secondary N) is 1. The van der Waals surface area contributed by atoms with E-state index in [0.29, 0.717) is 43.7 Å². The highest BCUT2D eigenvalue weighted by Gasteiger charge is 2.18. The second-order valence-corrected chi connectivity index (χ2v) is 8.18. The number of halogens is 1. The molecule has 0 aliphatic carbocycles. The predicted molar refractivity (Wildman–Crippen MR) is 118 cm³/mol. The molecule has 1 aromatic carbocycles. The molecular weight excluding hydrogens is 437 g/mol. The number of carbonyl (C=O) groups excluding carboxylic acids is 2. The highest BCUT2D eigenvalue weighted by Crippen LogP contribution is 2.24. The molecule has 1 fully saturated rings. The summed E-state index contributed by atoms with van der Waals surface area (Å²) in [4.78, 5) is 25.6. The number of morpholine rings is 1. The normalized spacial score (nSPS) is 14.3. The standard InChI is InChI=1S/C21H28FN5O4S/c1-30-19(29)3-2-8-23-18(28)15-32-21-25-24-20(16-4-6-17(22)7-5-16)27(21)10-9-26-11-13-31-14-12-26/h4-7H,2-3,8-15H2,1H3,(H,23,28). The van der Waals surface area contributed by atoms with Crippen molar-refractivity contribution in [3.05, 3.63) is 30.1 Å². The number of carbonyl (C=O) groups is 2. The second kappa shape index (κ2) is 12.5. The van der Waals surface area contributed by atoms with E-state index in [0.717, 1.165) is 25.2 Å². The Morgan fingerprint density at radius 1 is 1.19 bits per heavy atom. The van der Waals surface area contributed by atoms with Gasteiger partial charge in [0.25, 0.3) is 0 Å². The third-order valence-electron chi connectivity index (χ3n) is 5.00.